The summed E-state index contributed by atoms with van der Waals surface area (Å²) in [7, 11) is -0.676. The minimum atomic E-state index is -4.57. The van der Waals surface area contributed by atoms with Crippen molar-refractivity contribution >= 4 is 44.8 Å². The third-order valence-corrected chi connectivity index (χ3v) is 12.6. The number of sulfone groups is 1. The highest BCUT2D eigenvalue weighted by Crippen LogP contribution is 2.37. The highest BCUT2D eigenvalue weighted by Gasteiger charge is 2.34. The summed E-state index contributed by atoms with van der Waals surface area (Å²) < 4.78 is 107. The summed E-state index contributed by atoms with van der Waals surface area (Å²) >= 11 is 1.52. The lowest BCUT2D eigenvalue weighted by Crippen LogP contribution is -2.15. The van der Waals surface area contributed by atoms with Crippen molar-refractivity contribution in [2.45, 2.75) is 61.7 Å². The molecule has 8 rings (SSSR count). The van der Waals surface area contributed by atoms with E-state index in [0.717, 1.165) is 73.0 Å². The van der Waals surface area contributed by atoms with E-state index < -0.39 is 33.3 Å². The van der Waals surface area contributed by atoms with Crippen molar-refractivity contribution in [2.75, 3.05) is 22.1 Å². The van der Waals surface area contributed by atoms with Gasteiger partial charge in [0.2, 0.25) is 11.8 Å². The summed E-state index contributed by atoms with van der Waals surface area (Å²) in [4.78, 5) is 41.4. The number of amides is 2. The van der Waals surface area contributed by atoms with E-state index >= 15 is 0 Å². The van der Waals surface area contributed by atoms with Gasteiger partial charge < -0.3 is 19.8 Å². The number of thioether (sulfide) groups is 1. The third-order valence-electron chi connectivity index (χ3n) is 9.96. The Bertz CT molecular complexity index is 2840. The van der Waals surface area contributed by atoms with Gasteiger partial charge in [-0.15, -0.1) is 32.2 Å². The molecule has 0 spiro atoms. The zero-order chi connectivity index (χ0) is 46.1. The van der Waals surface area contributed by atoms with Crippen LogP contribution in [-0.4, -0.2) is 81.2 Å². The zero-order valence-electron chi connectivity index (χ0n) is 34.4. The highest BCUT2D eigenvalue weighted by molar-refractivity contribution is 7.99. The van der Waals surface area contributed by atoms with Crippen molar-refractivity contribution in [3.63, 3.8) is 0 Å². The number of anilines is 2. The van der Waals surface area contributed by atoms with Crippen LogP contribution in [-0.2, 0) is 45.9 Å². The second kappa shape index (κ2) is 18.1. The van der Waals surface area contributed by atoms with Crippen LogP contribution in [0.25, 0.3) is 46.1 Å². The quantitative estimate of drug-likeness (QED) is 0.0901. The van der Waals surface area contributed by atoms with Crippen LogP contribution in [0.5, 0.6) is 0 Å². The molecule has 6 heterocycles. The minimum absolute atomic E-state index is 0.00357. The minimum Gasteiger partial charge on any atom is -0.324 e. The molecule has 6 aromatic heterocycles. The van der Waals surface area contributed by atoms with Crippen LogP contribution in [0.3, 0.4) is 0 Å². The van der Waals surface area contributed by atoms with E-state index in [4.69, 9.17) is 0 Å². The molecule has 0 bridgehead atoms. The first-order chi connectivity index (χ1) is 30.3. The van der Waals surface area contributed by atoms with E-state index in [1.807, 2.05) is 13.0 Å². The smallest absolute Gasteiger partial charge is 0.324 e. The normalized spacial score (nSPS) is 14.2. The average Bonchev–Trinajstić information content (AvgIpc) is 4.20. The zero-order valence-corrected chi connectivity index (χ0v) is 36.0. The summed E-state index contributed by atoms with van der Waals surface area (Å²) in [5.41, 5.74) is -0.408. The molecule has 2 aliphatic rings. The fraction of sp³-hybridized carbons (Fsp3) is 0.350. The Balaban J connectivity index is 0.000000192. The Morgan fingerprint density at radius 3 is 1.55 bits per heavy atom. The molecule has 2 fully saturated rings. The molecule has 0 aliphatic heterocycles. The Kier molecular flexibility index (Phi) is 12.9. The van der Waals surface area contributed by atoms with Crippen molar-refractivity contribution < 1.29 is 44.3 Å². The van der Waals surface area contributed by atoms with Crippen molar-refractivity contribution in [3.8, 4) is 46.1 Å². The molecule has 2 N–H and O–H groups in total. The maximum absolute atomic E-state index is 13.1. The molecule has 16 nitrogen and oxygen atoms in total. The second-order valence-electron chi connectivity index (χ2n) is 14.7. The number of halogens is 6. The molecule has 0 atom stereocenters. The number of nitrogens with one attached hydrogen (secondary N) is 2. The largest absolute Gasteiger partial charge is 0.416 e. The Morgan fingerprint density at radius 2 is 1.11 bits per heavy atom. The summed E-state index contributed by atoms with van der Waals surface area (Å²) in [5, 5.41) is 21.6. The summed E-state index contributed by atoms with van der Waals surface area (Å²) in [5.74, 6) is 0.905. The first-order valence-electron chi connectivity index (χ1n) is 19.6. The van der Waals surface area contributed by atoms with Crippen LogP contribution in [0, 0.1) is 11.8 Å². The van der Waals surface area contributed by atoms with E-state index in [0.29, 0.717) is 17.2 Å². The predicted octanol–water partition coefficient (Wildman–Crippen LogP) is 7.52. The van der Waals surface area contributed by atoms with E-state index in [-0.39, 0.29) is 74.5 Å². The number of carbonyl (C=O) groups excluding carboxylic acids is 2. The first-order valence-corrected chi connectivity index (χ1v) is 22.3. The third kappa shape index (κ3) is 10.2. The molecule has 64 heavy (non-hydrogen) atoms. The number of carbonyl (C=O) groups is 2. The maximum Gasteiger partial charge on any atom is 0.416 e. The lowest BCUT2D eigenvalue weighted by atomic mass is 10.2. The summed E-state index contributed by atoms with van der Waals surface area (Å²) in [6, 6.07) is 6.66. The molecule has 2 amide bonds. The van der Waals surface area contributed by atoms with Gasteiger partial charge >= 0.3 is 12.4 Å². The summed E-state index contributed by atoms with van der Waals surface area (Å²) in [6.45, 7) is 3.45. The number of aromatic nitrogens is 10. The Morgan fingerprint density at radius 1 is 0.672 bits per heavy atom. The van der Waals surface area contributed by atoms with Gasteiger partial charge in [-0.1, -0.05) is 13.8 Å². The van der Waals surface area contributed by atoms with Crippen LogP contribution in [0.2, 0.25) is 0 Å². The predicted molar refractivity (Wildman–Crippen MR) is 222 cm³/mol. The Hall–Kier alpha value is -6.30. The number of hydrogen-bond donors (Lipinski definition) is 2. The molecule has 0 saturated heterocycles. The maximum atomic E-state index is 13.1. The summed E-state index contributed by atoms with van der Waals surface area (Å²) in [6.07, 6.45) is -0.719. The van der Waals surface area contributed by atoms with Gasteiger partial charge in [-0.2, -0.15) is 26.3 Å². The van der Waals surface area contributed by atoms with E-state index in [1.165, 1.54) is 42.6 Å². The van der Waals surface area contributed by atoms with Crippen molar-refractivity contribution in [2.24, 2.45) is 25.9 Å². The van der Waals surface area contributed by atoms with E-state index in [1.54, 1.807) is 17.8 Å². The Labute approximate surface area is 365 Å². The fourth-order valence-corrected chi connectivity index (χ4v) is 8.03. The van der Waals surface area contributed by atoms with Gasteiger partial charge in [0.1, 0.15) is 22.8 Å². The van der Waals surface area contributed by atoms with Gasteiger partial charge in [0.25, 0.3) is 0 Å². The highest BCUT2D eigenvalue weighted by atomic mass is 32.2. The van der Waals surface area contributed by atoms with Gasteiger partial charge in [0.15, 0.2) is 33.1 Å². The van der Waals surface area contributed by atoms with Crippen LogP contribution >= 0.6 is 11.8 Å². The molecule has 2 saturated carbocycles. The first kappa shape index (κ1) is 45.7. The number of alkyl halides is 6. The SMILES string of the molecule is CCS(=O)(=O)c1cc(NC(=O)C2CC2)cnc1-c1nnc(-c2cc(C(F)(F)F)ccn2)n1C.CCSc1cc(NC(=O)C2CC2)cnc1-c1nnc(-c2cc(C(F)(F)F)ccn2)n1C. The van der Waals surface area contributed by atoms with E-state index in [9.17, 15) is 44.3 Å². The van der Waals surface area contributed by atoms with Crippen molar-refractivity contribution in [3.05, 3.63) is 72.3 Å². The van der Waals surface area contributed by atoms with Crippen LogP contribution in [0.1, 0.15) is 50.7 Å². The van der Waals surface area contributed by atoms with Gasteiger partial charge in [-0.25, -0.2) is 18.4 Å². The van der Waals surface area contributed by atoms with Crippen molar-refractivity contribution in [1.29, 1.82) is 0 Å². The molecular weight excluding hydrogens is 891 g/mol. The number of pyridine rings is 4. The van der Waals surface area contributed by atoms with Crippen LogP contribution in [0.4, 0.5) is 37.7 Å². The monoisotopic (exact) mass is 928 g/mol. The molecular formula is C40H38F6N12O4S2. The molecule has 6 aromatic rings. The van der Waals surface area contributed by atoms with Gasteiger partial charge in [-0.05, 0) is 67.8 Å². The molecule has 24 heteroatoms. The lowest BCUT2D eigenvalue weighted by molar-refractivity contribution is -0.138. The van der Waals surface area contributed by atoms with E-state index in [2.05, 4.69) is 51.0 Å². The number of rotatable bonds is 12. The second-order valence-corrected chi connectivity index (χ2v) is 18.2. The molecule has 336 valence electrons. The standard InChI is InChI=1S/C20H19F3N6O3S.C20H19F3N6OS/c1-3-33(31,32)15-9-13(26-19(30)11-4-5-11)10-25-16(15)18-28-27-17(29(18)2)14-8-12(6-7-24-14)20(21,22)23;1-3-31-15-9-13(26-19(30)11-4-5-11)10-25-16(15)18-28-27-17(29(18)2)14-8-12(6-7-24-14)20(21,22)23/h6-11H,3-5H2,1-2H3,(H,26,30);6-11H,3-5H2,1-2H3,(H,26,30). The van der Waals surface area contributed by atoms with Crippen LogP contribution in [0.15, 0.2) is 71.0 Å². The number of hydrogen-bond acceptors (Lipinski definition) is 13. The molecule has 0 aromatic carbocycles. The molecule has 0 unspecified atom stereocenters. The molecule has 2 aliphatic carbocycles. The van der Waals surface area contributed by atoms with Crippen molar-refractivity contribution in [1.82, 2.24) is 49.5 Å². The van der Waals surface area contributed by atoms with Crippen LogP contribution < -0.4 is 10.6 Å². The number of nitrogens with zero attached hydrogens (tertiary/aromatic N) is 10. The molecule has 0 radical (unpaired) electrons. The lowest BCUT2D eigenvalue weighted by Gasteiger charge is -2.12. The average molecular weight is 929 g/mol. The van der Waals surface area contributed by atoms with Gasteiger partial charge in [0, 0.05) is 43.2 Å². The topological polar surface area (TPSA) is 205 Å². The van der Waals surface area contributed by atoms with Gasteiger partial charge in [0.05, 0.1) is 45.5 Å². The fourth-order valence-electron chi connectivity index (χ4n) is 6.17. The van der Waals surface area contributed by atoms with Gasteiger partial charge in [-0.3, -0.25) is 19.6 Å².